The van der Waals surface area contributed by atoms with E-state index in [0.29, 0.717) is 42.9 Å². The summed E-state index contributed by atoms with van der Waals surface area (Å²) in [6.45, 7) is 2.37. The number of morpholine rings is 1. The smallest absolute Gasteiger partial charge is 0.350 e. The average molecular weight is 361 g/mol. The molecule has 0 radical (unpaired) electrons. The SMILES string of the molecule is O=C(Cn1nc2c(N3CCOCC3)nccn2c1=O)Nc1nccs1. The third kappa shape index (κ3) is 3.10. The van der Waals surface area contributed by atoms with Crippen LogP contribution in [-0.4, -0.2) is 56.4 Å². The second-order valence-corrected chi connectivity index (χ2v) is 6.26. The van der Waals surface area contributed by atoms with Crippen molar-refractivity contribution in [3.63, 3.8) is 0 Å². The van der Waals surface area contributed by atoms with Crippen LogP contribution in [0.4, 0.5) is 10.9 Å². The molecule has 1 amide bonds. The third-order valence-electron chi connectivity index (χ3n) is 3.77. The molecule has 0 atom stereocenters. The molecule has 0 aliphatic carbocycles. The van der Waals surface area contributed by atoms with Crippen LogP contribution >= 0.6 is 11.3 Å². The zero-order chi connectivity index (χ0) is 17.2. The van der Waals surface area contributed by atoms with Crippen molar-refractivity contribution < 1.29 is 9.53 Å². The first-order valence-corrected chi connectivity index (χ1v) is 8.56. The molecule has 3 aromatic rings. The van der Waals surface area contributed by atoms with Crippen LogP contribution in [0.3, 0.4) is 0 Å². The summed E-state index contributed by atoms with van der Waals surface area (Å²) in [7, 11) is 0. The highest BCUT2D eigenvalue weighted by molar-refractivity contribution is 7.13. The van der Waals surface area contributed by atoms with Crippen molar-refractivity contribution in [2.24, 2.45) is 0 Å². The van der Waals surface area contributed by atoms with Crippen molar-refractivity contribution in [1.82, 2.24) is 24.1 Å². The molecule has 4 heterocycles. The topological polar surface area (TPSA) is 107 Å². The molecular formula is C14H15N7O3S. The molecule has 4 rings (SSSR count). The fourth-order valence-corrected chi connectivity index (χ4v) is 3.16. The Morgan fingerprint density at radius 3 is 2.88 bits per heavy atom. The van der Waals surface area contributed by atoms with Gasteiger partial charge in [0, 0.05) is 37.1 Å². The summed E-state index contributed by atoms with van der Waals surface area (Å²) < 4.78 is 7.87. The number of amides is 1. The first-order chi connectivity index (χ1) is 12.2. The summed E-state index contributed by atoms with van der Waals surface area (Å²) >= 11 is 1.31. The largest absolute Gasteiger partial charge is 0.378 e. The van der Waals surface area contributed by atoms with Gasteiger partial charge in [0.05, 0.1) is 13.2 Å². The zero-order valence-corrected chi connectivity index (χ0v) is 14.0. The van der Waals surface area contributed by atoms with E-state index < -0.39 is 0 Å². The van der Waals surface area contributed by atoms with E-state index in [4.69, 9.17) is 4.74 Å². The molecule has 0 saturated carbocycles. The summed E-state index contributed by atoms with van der Waals surface area (Å²) in [5.41, 5.74) is 0.0395. The molecule has 3 aromatic heterocycles. The first kappa shape index (κ1) is 15.7. The van der Waals surface area contributed by atoms with Gasteiger partial charge in [-0.2, -0.15) is 0 Å². The van der Waals surface area contributed by atoms with Gasteiger partial charge in [-0.25, -0.2) is 23.8 Å². The Hall–Kier alpha value is -2.79. The predicted molar refractivity (Wildman–Crippen MR) is 91.0 cm³/mol. The number of anilines is 2. The number of nitrogens with one attached hydrogen (secondary N) is 1. The molecule has 25 heavy (non-hydrogen) atoms. The van der Waals surface area contributed by atoms with Gasteiger partial charge in [0.2, 0.25) is 11.6 Å². The predicted octanol–water partition coefficient (Wildman–Crippen LogP) is -0.177. The second kappa shape index (κ2) is 6.61. The number of ether oxygens (including phenoxy) is 1. The Balaban J connectivity index is 1.63. The van der Waals surface area contributed by atoms with E-state index in [9.17, 15) is 9.59 Å². The highest BCUT2D eigenvalue weighted by Gasteiger charge is 2.20. The third-order valence-corrected chi connectivity index (χ3v) is 4.45. The molecule has 0 bridgehead atoms. The molecule has 10 nitrogen and oxygen atoms in total. The summed E-state index contributed by atoms with van der Waals surface area (Å²) in [5, 5.41) is 9.18. The van der Waals surface area contributed by atoms with Crippen molar-refractivity contribution in [2.45, 2.75) is 6.54 Å². The number of nitrogens with zero attached hydrogens (tertiary/aromatic N) is 6. The molecule has 11 heteroatoms. The van der Waals surface area contributed by atoms with Gasteiger partial charge in [-0.15, -0.1) is 16.4 Å². The van der Waals surface area contributed by atoms with Crippen molar-refractivity contribution in [2.75, 3.05) is 36.5 Å². The van der Waals surface area contributed by atoms with Crippen LogP contribution in [0.1, 0.15) is 0 Å². The molecule has 130 valence electrons. The molecule has 0 unspecified atom stereocenters. The number of carbonyl (C=O) groups is 1. The maximum absolute atomic E-state index is 12.5. The average Bonchev–Trinajstić information content (AvgIpc) is 3.24. The van der Waals surface area contributed by atoms with Crippen LogP contribution in [0, 0.1) is 0 Å². The van der Waals surface area contributed by atoms with Gasteiger partial charge >= 0.3 is 5.69 Å². The standard InChI is InChI=1S/C14H15N7O3S/c22-10(17-13-16-2-8-25-13)9-21-14(23)20-3-1-15-11(12(20)18-21)19-4-6-24-7-5-19/h1-3,8H,4-7,9H2,(H,16,17,22). The van der Waals surface area contributed by atoms with Crippen LogP contribution in [0.25, 0.3) is 5.65 Å². The highest BCUT2D eigenvalue weighted by atomic mass is 32.1. The lowest BCUT2D eigenvalue weighted by atomic mass is 10.4. The number of rotatable bonds is 4. The van der Waals surface area contributed by atoms with E-state index >= 15 is 0 Å². The molecule has 1 N–H and O–H groups in total. The van der Waals surface area contributed by atoms with Crippen LogP contribution in [0.2, 0.25) is 0 Å². The summed E-state index contributed by atoms with van der Waals surface area (Å²) in [4.78, 5) is 35.0. The number of carbonyl (C=O) groups excluding carboxylic acids is 1. The Morgan fingerprint density at radius 2 is 2.12 bits per heavy atom. The lowest BCUT2D eigenvalue weighted by Crippen LogP contribution is -2.37. The molecule has 0 aromatic carbocycles. The molecule has 1 fully saturated rings. The summed E-state index contributed by atoms with van der Waals surface area (Å²) in [6.07, 6.45) is 4.70. The van der Waals surface area contributed by atoms with E-state index in [0.717, 1.165) is 4.68 Å². The lowest BCUT2D eigenvalue weighted by Gasteiger charge is -2.27. The molecule has 1 saturated heterocycles. The monoisotopic (exact) mass is 361 g/mol. The fraction of sp³-hybridized carbons (Fsp3) is 0.357. The maximum atomic E-state index is 12.5. The zero-order valence-electron chi connectivity index (χ0n) is 13.2. The number of thiazole rings is 1. The minimum atomic E-state index is -0.388. The Morgan fingerprint density at radius 1 is 1.28 bits per heavy atom. The maximum Gasteiger partial charge on any atom is 0.350 e. The van der Waals surface area contributed by atoms with Crippen LogP contribution in [0.5, 0.6) is 0 Å². The number of aromatic nitrogens is 5. The van der Waals surface area contributed by atoms with Gasteiger partial charge < -0.3 is 15.0 Å². The quantitative estimate of drug-likeness (QED) is 0.687. The molecular weight excluding hydrogens is 346 g/mol. The van der Waals surface area contributed by atoms with Gasteiger partial charge in [-0.3, -0.25) is 4.79 Å². The van der Waals surface area contributed by atoms with Crippen LogP contribution in [0.15, 0.2) is 28.8 Å². The van der Waals surface area contributed by atoms with Crippen molar-refractivity contribution >= 4 is 33.8 Å². The van der Waals surface area contributed by atoms with Gasteiger partial charge in [0.15, 0.2) is 10.9 Å². The van der Waals surface area contributed by atoms with Crippen molar-refractivity contribution in [3.05, 3.63) is 34.5 Å². The molecule has 1 aliphatic rings. The highest BCUT2D eigenvalue weighted by Crippen LogP contribution is 2.16. The van der Waals surface area contributed by atoms with Crippen molar-refractivity contribution in [3.8, 4) is 0 Å². The van der Waals surface area contributed by atoms with E-state index in [1.165, 1.54) is 15.7 Å². The number of fused-ring (bicyclic) bond motifs is 1. The van der Waals surface area contributed by atoms with E-state index in [1.807, 2.05) is 4.90 Å². The normalized spacial score (nSPS) is 14.8. The minimum absolute atomic E-state index is 0.192. The second-order valence-electron chi connectivity index (χ2n) is 5.37. The first-order valence-electron chi connectivity index (χ1n) is 7.68. The number of hydrogen-bond donors (Lipinski definition) is 1. The van der Waals surface area contributed by atoms with Gasteiger partial charge in [-0.05, 0) is 0 Å². The summed E-state index contributed by atoms with van der Waals surface area (Å²) in [6, 6.07) is 0. The number of hydrogen-bond acceptors (Lipinski definition) is 8. The summed E-state index contributed by atoms with van der Waals surface area (Å²) in [5.74, 6) is 0.253. The van der Waals surface area contributed by atoms with Crippen LogP contribution < -0.4 is 15.9 Å². The minimum Gasteiger partial charge on any atom is -0.378 e. The van der Waals surface area contributed by atoms with E-state index in [-0.39, 0.29) is 18.1 Å². The Kier molecular flexibility index (Phi) is 4.15. The Labute approximate surface area is 145 Å². The van der Waals surface area contributed by atoms with Gasteiger partial charge in [-0.1, -0.05) is 0 Å². The van der Waals surface area contributed by atoms with Gasteiger partial charge in [0.25, 0.3) is 0 Å². The van der Waals surface area contributed by atoms with E-state index in [1.54, 1.807) is 24.0 Å². The van der Waals surface area contributed by atoms with Crippen molar-refractivity contribution in [1.29, 1.82) is 0 Å². The molecule has 1 aliphatic heterocycles. The van der Waals surface area contributed by atoms with Crippen LogP contribution in [-0.2, 0) is 16.1 Å². The van der Waals surface area contributed by atoms with Gasteiger partial charge in [0.1, 0.15) is 6.54 Å². The Bertz CT molecular complexity index is 943. The lowest BCUT2D eigenvalue weighted by molar-refractivity contribution is -0.117. The fourth-order valence-electron chi connectivity index (χ4n) is 2.62. The van der Waals surface area contributed by atoms with E-state index in [2.05, 4.69) is 20.4 Å². The molecule has 0 spiro atoms.